The number of fused-ring (bicyclic) bond motifs is 1. The van der Waals surface area contributed by atoms with Gasteiger partial charge in [0.1, 0.15) is 13.2 Å². The maximum Gasteiger partial charge on any atom is 0.161 e. The van der Waals surface area contributed by atoms with E-state index in [2.05, 4.69) is 0 Å². The molecule has 2 rings (SSSR count). The SMILES string of the molecule is [2H]C1COc2ccccc2O1. The molecule has 0 aromatic heterocycles. The molecule has 1 aromatic carbocycles. The second kappa shape index (κ2) is 2.21. The Labute approximate surface area is 60.8 Å². The van der Waals surface area contributed by atoms with Crippen LogP contribution in [-0.2, 0) is 0 Å². The van der Waals surface area contributed by atoms with Gasteiger partial charge in [0.2, 0.25) is 0 Å². The molecule has 0 N–H and O–H groups in total. The first kappa shape index (κ1) is 4.61. The number of benzene rings is 1. The van der Waals surface area contributed by atoms with E-state index in [1.54, 1.807) is 6.07 Å². The standard InChI is InChI=1S/C8H8O2/c1-2-4-8-7(3-1)9-5-6-10-8/h1-4H,5-6H2/i5D. The van der Waals surface area contributed by atoms with Crippen LogP contribution >= 0.6 is 0 Å². The number of hydrogen-bond acceptors (Lipinski definition) is 2. The fourth-order valence-corrected chi connectivity index (χ4v) is 0.914. The van der Waals surface area contributed by atoms with Crippen LogP contribution in [0.25, 0.3) is 0 Å². The first-order valence-corrected chi connectivity index (χ1v) is 3.17. The minimum absolute atomic E-state index is 0.316. The van der Waals surface area contributed by atoms with Crippen LogP contribution in [0, 0.1) is 0 Å². The highest BCUT2D eigenvalue weighted by atomic mass is 16.6. The van der Waals surface area contributed by atoms with Crippen LogP contribution in [0.15, 0.2) is 24.3 Å². The van der Waals surface area contributed by atoms with Crippen molar-refractivity contribution in [1.82, 2.24) is 0 Å². The highest BCUT2D eigenvalue weighted by Gasteiger charge is 2.07. The lowest BCUT2D eigenvalue weighted by molar-refractivity contribution is 0.171. The van der Waals surface area contributed by atoms with Gasteiger partial charge >= 0.3 is 0 Å². The molecular formula is C8H8O2. The largest absolute Gasteiger partial charge is 0.486 e. The maximum atomic E-state index is 7.26. The van der Waals surface area contributed by atoms with Gasteiger partial charge in [-0.3, -0.25) is 0 Å². The molecule has 0 fully saturated rings. The van der Waals surface area contributed by atoms with Crippen LogP contribution < -0.4 is 9.47 Å². The fraction of sp³-hybridized carbons (Fsp3) is 0.250. The van der Waals surface area contributed by atoms with Gasteiger partial charge in [-0.2, -0.15) is 0 Å². The molecule has 2 nitrogen and oxygen atoms in total. The smallest absolute Gasteiger partial charge is 0.161 e. The zero-order valence-corrected chi connectivity index (χ0v) is 5.41. The van der Waals surface area contributed by atoms with Crippen LogP contribution in [-0.4, -0.2) is 13.2 Å². The Morgan fingerprint density at radius 1 is 1.20 bits per heavy atom. The Hall–Kier alpha value is -1.18. The molecule has 52 valence electrons. The second-order valence-corrected chi connectivity index (χ2v) is 2.04. The summed E-state index contributed by atoms with van der Waals surface area (Å²) in [6.45, 7) is -0.262. The molecule has 0 radical (unpaired) electrons. The number of rotatable bonds is 0. The topological polar surface area (TPSA) is 18.5 Å². The summed E-state index contributed by atoms with van der Waals surface area (Å²) in [6.07, 6.45) is 0. The second-order valence-electron chi connectivity index (χ2n) is 2.04. The van der Waals surface area contributed by atoms with Crippen molar-refractivity contribution in [2.45, 2.75) is 0 Å². The lowest BCUT2D eigenvalue weighted by Gasteiger charge is -2.17. The van der Waals surface area contributed by atoms with Crippen molar-refractivity contribution in [2.75, 3.05) is 13.2 Å². The first-order valence-electron chi connectivity index (χ1n) is 3.75. The monoisotopic (exact) mass is 137 g/mol. The van der Waals surface area contributed by atoms with Gasteiger partial charge in [-0.25, -0.2) is 0 Å². The molecule has 0 saturated heterocycles. The molecule has 1 aromatic rings. The van der Waals surface area contributed by atoms with Crippen LogP contribution in [0.4, 0.5) is 0 Å². The van der Waals surface area contributed by atoms with Crippen LogP contribution in [0.1, 0.15) is 1.37 Å². The van der Waals surface area contributed by atoms with E-state index in [1.165, 1.54) is 0 Å². The molecule has 10 heavy (non-hydrogen) atoms. The summed E-state index contributed by atoms with van der Waals surface area (Å²) in [5, 5.41) is 0. The lowest BCUT2D eigenvalue weighted by Crippen LogP contribution is -2.14. The molecule has 1 atom stereocenters. The summed E-state index contributed by atoms with van der Waals surface area (Å²) in [6, 6.07) is 7.38. The van der Waals surface area contributed by atoms with Crippen LogP contribution in [0.5, 0.6) is 11.5 Å². The van der Waals surface area contributed by atoms with Crippen molar-refractivity contribution in [2.24, 2.45) is 0 Å². The van der Waals surface area contributed by atoms with E-state index in [-0.39, 0.29) is 0 Å². The summed E-state index contributed by atoms with van der Waals surface area (Å²) in [7, 11) is 0. The van der Waals surface area contributed by atoms with Crippen molar-refractivity contribution in [1.29, 1.82) is 0 Å². The van der Waals surface area contributed by atoms with Gasteiger partial charge in [0.05, 0.1) is 1.37 Å². The third-order valence-electron chi connectivity index (χ3n) is 1.37. The Kier molecular flexibility index (Phi) is 1.02. The van der Waals surface area contributed by atoms with Crippen LogP contribution in [0.2, 0.25) is 0 Å². The normalized spacial score (nSPS) is 23.6. The van der Waals surface area contributed by atoms with Gasteiger partial charge in [0, 0.05) is 0 Å². The Bertz CT molecular complexity index is 262. The van der Waals surface area contributed by atoms with Crippen molar-refractivity contribution in [3.63, 3.8) is 0 Å². The van der Waals surface area contributed by atoms with Crippen LogP contribution in [0.3, 0.4) is 0 Å². The lowest BCUT2D eigenvalue weighted by atomic mass is 10.3. The summed E-state index contributed by atoms with van der Waals surface area (Å²) in [5.74, 6) is 1.40. The molecular weight excluding hydrogens is 128 g/mol. The Morgan fingerprint density at radius 3 is 2.70 bits per heavy atom. The van der Waals surface area contributed by atoms with Gasteiger partial charge in [-0.05, 0) is 12.1 Å². The molecule has 1 aliphatic heterocycles. The molecule has 0 saturated carbocycles. The summed E-state index contributed by atoms with van der Waals surface area (Å²) in [4.78, 5) is 0. The van der Waals surface area contributed by atoms with Gasteiger partial charge in [-0.15, -0.1) is 0 Å². The van der Waals surface area contributed by atoms with E-state index in [1.807, 2.05) is 18.2 Å². The predicted molar refractivity (Wildman–Crippen MR) is 37.4 cm³/mol. The molecule has 0 spiro atoms. The van der Waals surface area contributed by atoms with Crippen molar-refractivity contribution >= 4 is 0 Å². The molecule has 0 bridgehead atoms. The minimum atomic E-state index is -0.579. The number of hydrogen-bond donors (Lipinski definition) is 0. The van der Waals surface area contributed by atoms with Gasteiger partial charge in [0.15, 0.2) is 11.5 Å². The average Bonchev–Trinajstić information content (AvgIpc) is 2.04. The predicted octanol–water partition coefficient (Wildman–Crippen LogP) is 1.46. The van der Waals surface area contributed by atoms with E-state index >= 15 is 0 Å². The molecule has 0 aliphatic carbocycles. The molecule has 1 aliphatic rings. The van der Waals surface area contributed by atoms with E-state index < -0.39 is 6.58 Å². The highest BCUT2D eigenvalue weighted by Crippen LogP contribution is 2.28. The fourth-order valence-electron chi connectivity index (χ4n) is 0.914. The Morgan fingerprint density at radius 2 is 1.90 bits per heavy atom. The molecule has 2 heteroatoms. The Balaban J connectivity index is 2.34. The third kappa shape index (κ3) is 0.817. The summed E-state index contributed by atoms with van der Waals surface area (Å²) >= 11 is 0. The summed E-state index contributed by atoms with van der Waals surface area (Å²) in [5.41, 5.74) is 0. The van der Waals surface area contributed by atoms with E-state index in [0.29, 0.717) is 12.4 Å². The number of ether oxygens (including phenoxy) is 2. The van der Waals surface area contributed by atoms with Crippen molar-refractivity contribution < 1.29 is 10.8 Å². The molecule has 1 unspecified atom stereocenters. The molecule has 0 amide bonds. The van der Waals surface area contributed by atoms with E-state index in [0.717, 1.165) is 5.75 Å². The maximum absolute atomic E-state index is 7.26. The third-order valence-corrected chi connectivity index (χ3v) is 1.37. The zero-order valence-electron chi connectivity index (χ0n) is 6.41. The minimum Gasteiger partial charge on any atom is -0.486 e. The molecule has 1 heterocycles. The van der Waals surface area contributed by atoms with Gasteiger partial charge < -0.3 is 9.47 Å². The van der Waals surface area contributed by atoms with E-state index in [4.69, 9.17) is 10.8 Å². The van der Waals surface area contributed by atoms with E-state index in [9.17, 15) is 0 Å². The zero-order chi connectivity index (χ0) is 7.68. The van der Waals surface area contributed by atoms with Gasteiger partial charge in [0.25, 0.3) is 0 Å². The highest BCUT2D eigenvalue weighted by molar-refractivity contribution is 5.40. The quantitative estimate of drug-likeness (QED) is 0.539. The first-order chi connectivity index (χ1) is 5.36. The van der Waals surface area contributed by atoms with Crippen molar-refractivity contribution in [3.05, 3.63) is 24.3 Å². The van der Waals surface area contributed by atoms with Crippen molar-refractivity contribution in [3.8, 4) is 11.5 Å². The average molecular weight is 137 g/mol. The summed E-state index contributed by atoms with van der Waals surface area (Å²) < 4.78 is 17.7. The number of para-hydroxylation sites is 2. The van der Waals surface area contributed by atoms with Gasteiger partial charge in [-0.1, -0.05) is 12.1 Å².